The Labute approximate surface area is 167 Å². The predicted octanol–water partition coefficient (Wildman–Crippen LogP) is 3.85. The summed E-state index contributed by atoms with van der Waals surface area (Å²) in [5.41, 5.74) is 4.47. The fourth-order valence-corrected chi connectivity index (χ4v) is 5.14. The molecule has 1 aliphatic heterocycles. The Balaban J connectivity index is 1.45. The number of nitrogens with one attached hydrogen (secondary N) is 1. The third kappa shape index (κ3) is 3.66. The van der Waals surface area contributed by atoms with E-state index in [2.05, 4.69) is 46.6 Å². The Kier molecular flexibility index (Phi) is 5.40. The zero-order chi connectivity index (χ0) is 19.6. The van der Waals surface area contributed by atoms with Gasteiger partial charge in [-0.25, -0.2) is 0 Å². The number of amides is 1. The summed E-state index contributed by atoms with van der Waals surface area (Å²) < 4.78 is 5.26. The summed E-state index contributed by atoms with van der Waals surface area (Å²) in [5.74, 6) is 1.41. The lowest BCUT2D eigenvalue weighted by atomic mass is 9.73. The molecule has 0 aromatic heterocycles. The van der Waals surface area contributed by atoms with Crippen molar-refractivity contribution in [2.45, 2.75) is 43.6 Å². The third-order valence-corrected chi connectivity index (χ3v) is 6.70. The SMILES string of the molecule is CNC(=O)CC1CC2(CCN(Cc3ccc(OC)cc3)CC2)c2ccccc21. The maximum atomic E-state index is 12.0. The van der Waals surface area contributed by atoms with Gasteiger partial charge in [-0.2, -0.15) is 0 Å². The van der Waals surface area contributed by atoms with Gasteiger partial charge in [0.25, 0.3) is 0 Å². The van der Waals surface area contributed by atoms with E-state index in [0.29, 0.717) is 12.3 Å². The highest BCUT2D eigenvalue weighted by molar-refractivity contribution is 5.77. The van der Waals surface area contributed by atoms with Crippen LogP contribution >= 0.6 is 0 Å². The lowest BCUT2D eigenvalue weighted by Gasteiger charge is -2.40. The molecule has 148 valence electrons. The maximum absolute atomic E-state index is 12.0. The molecule has 1 N–H and O–H groups in total. The number of hydrogen-bond acceptors (Lipinski definition) is 3. The van der Waals surface area contributed by atoms with Crippen molar-refractivity contribution in [3.63, 3.8) is 0 Å². The van der Waals surface area contributed by atoms with Gasteiger partial charge in [-0.1, -0.05) is 36.4 Å². The average molecular weight is 379 g/mol. The molecule has 1 fully saturated rings. The van der Waals surface area contributed by atoms with Gasteiger partial charge < -0.3 is 10.1 Å². The van der Waals surface area contributed by atoms with Crippen LogP contribution in [0.1, 0.15) is 48.3 Å². The minimum atomic E-state index is 0.147. The number of hydrogen-bond donors (Lipinski definition) is 1. The van der Waals surface area contributed by atoms with E-state index < -0.39 is 0 Å². The van der Waals surface area contributed by atoms with Crippen LogP contribution in [0.2, 0.25) is 0 Å². The molecule has 0 bridgehead atoms. The highest BCUT2D eigenvalue weighted by Crippen LogP contribution is 2.52. The number of carbonyl (C=O) groups is 1. The van der Waals surface area contributed by atoms with Crippen molar-refractivity contribution >= 4 is 5.91 Å². The molecule has 4 heteroatoms. The van der Waals surface area contributed by atoms with Gasteiger partial charge >= 0.3 is 0 Å². The predicted molar refractivity (Wildman–Crippen MR) is 112 cm³/mol. The fraction of sp³-hybridized carbons (Fsp3) is 0.458. The van der Waals surface area contributed by atoms with Gasteiger partial charge in [0.2, 0.25) is 5.91 Å². The second kappa shape index (κ2) is 7.96. The molecule has 4 rings (SSSR count). The summed E-state index contributed by atoms with van der Waals surface area (Å²) >= 11 is 0. The summed E-state index contributed by atoms with van der Waals surface area (Å²) in [6, 6.07) is 17.2. The molecule has 2 aromatic rings. The van der Waals surface area contributed by atoms with E-state index >= 15 is 0 Å². The van der Waals surface area contributed by atoms with E-state index in [1.54, 1.807) is 14.2 Å². The zero-order valence-corrected chi connectivity index (χ0v) is 16.9. The topological polar surface area (TPSA) is 41.6 Å². The van der Waals surface area contributed by atoms with Crippen molar-refractivity contribution in [3.05, 3.63) is 65.2 Å². The van der Waals surface area contributed by atoms with Crippen LogP contribution in [0.5, 0.6) is 5.75 Å². The van der Waals surface area contributed by atoms with Crippen molar-refractivity contribution in [3.8, 4) is 5.75 Å². The fourth-order valence-electron chi connectivity index (χ4n) is 5.14. The Morgan fingerprint density at radius 2 is 1.86 bits per heavy atom. The first-order chi connectivity index (χ1) is 13.6. The van der Waals surface area contributed by atoms with E-state index in [4.69, 9.17) is 4.74 Å². The molecule has 1 aliphatic carbocycles. The van der Waals surface area contributed by atoms with Gasteiger partial charge in [-0.15, -0.1) is 0 Å². The van der Waals surface area contributed by atoms with Crippen LogP contribution in [0.3, 0.4) is 0 Å². The number of likely N-dealkylation sites (tertiary alicyclic amines) is 1. The molecule has 1 saturated heterocycles. The number of benzene rings is 2. The molecule has 1 atom stereocenters. The summed E-state index contributed by atoms with van der Waals surface area (Å²) in [6.45, 7) is 3.20. The van der Waals surface area contributed by atoms with Crippen molar-refractivity contribution < 1.29 is 9.53 Å². The standard InChI is InChI=1S/C24H30N2O2/c1-25-23(27)15-19-16-24(22-6-4-3-5-21(19)22)11-13-26(14-12-24)17-18-7-9-20(28-2)10-8-18/h3-10,19H,11-17H2,1-2H3,(H,25,27). The zero-order valence-electron chi connectivity index (χ0n) is 16.9. The Bertz CT molecular complexity index is 823. The van der Waals surface area contributed by atoms with Crippen LogP contribution in [0.15, 0.2) is 48.5 Å². The molecule has 2 aliphatic rings. The van der Waals surface area contributed by atoms with Gasteiger partial charge in [0, 0.05) is 20.0 Å². The van der Waals surface area contributed by atoms with Crippen LogP contribution in [-0.2, 0) is 16.8 Å². The molecule has 2 aromatic carbocycles. The average Bonchev–Trinajstić information content (AvgIpc) is 3.03. The molecule has 1 unspecified atom stereocenters. The molecular formula is C24H30N2O2. The number of fused-ring (bicyclic) bond motifs is 2. The van der Waals surface area contributed by atoms with Gasteiger partial charge in [0.05, 0.1) is 7.11 Å². The van der Waals surface area contributed by atoms with Crippen molar-refractivity contribution in [2.75, 3.05) is 27.2 Å². The Morgan fingerprint density at radius 1 is 1.14 bits per heavy atom. The first-order valence-corrected chi connectivity index (χ1v) is 10.3. The number of methoxy groups -OCH3 is 1. The quantitative estimate of drug-likeness (QED) is 0.859. The number of nitrogens with zero attached hydrogens (tertiary/aromatic N) is 1. The van der Waals surface area contributed by atoms with Crippen LogP contribution in [0.4, 0.5) is 0 Å². The molecule has 1 spiro atoms. The Morgan fingerprint density at radius 3 is 2.54 bits per heavy atom. The normalized spacial score (nSPS) is 20.7. The molecule has 0 radical (unpaired) electrons. The lowest BCUT2D eigenvalue weighted by molar-refractivity contribution is -0.121. The summed E-state index contributed by atoms with van der Waals surface area (Å²) in [4.78, 5) is 14.6. The van der Waals surface area contributed by atoms with Gasteiger partial charge in [-0.05, 0) is 72.5 Å². The number of ether oxygens (including phenoxy) is 1. The number of rotatable bonds is 5. The lowest BCUT2D eigenvalue weighted by Crippen LogP contribution is -2.41. The van der Waals surface area contributed by atoms with E-state index in [9.17, 15) is 4.79 Å². The molecule has 0 saturated carbocycles. The first-order valence-electron chi connectivity index (χ1n) is 10.3. The van der Waals surface area contributed by atoms with E-state index in [-0.39, 0.29) is 11.3 Å². The van der Waals surface area contributed by atoms with E-state index in [1.165, 1.54) is 29.5 Å². The number of carbonyl (C=O) groups excluding carboxylic acids is 1. The second-order valence-electron chi connectivity index (χ2n) is 8.27. The highest BCUT2D eigenvalue weighted by atomic mass is 16.5. The minimum Gasteiger partial charge on any atom is -0.497 e. The third-order valence-electron chi connectivity index (χ3n) is 6.70. The van der Waals surface area contributed by atoms with Crippen LogP contribution in [0.25, 0.3) is 0 Å². The monoisotopic (exact) mass is 378 g/mol. The second-order valence-corrected chi connectivity index (χ2v) is 8.27. The maximum Gasteiger partial charge on any atom is 0.220 e. The summed E-state index contributed by atoms with van der Waals surface area (Å²) in [6.07, 6.45) is 4.05. The number of piperidine rings is 1. The largest absolute Gasteiger partial charge is 0.497 e. The van der Waals surface area contributed by atoms with E-state index in [0.717, 1.165) is 31.8 Å². The smallest absolute Gasteiger partial charge is 0.220 e. The van der Waals surface area contributed by atoms with Crippen molar-refractivity contribution in [1.82, 2.24) is 10.2 Å². The molecule has 1 heterocycles. The first kappa shape index (κ1) is 19.0. The molecule has 28 heavy (non-hydrogen) atoms. The van der Waals surface area contributed by atoms with Crippen molar-refractivity contribution in [1.29, 1.82) is 0 Å². The molecular weight excluding hydrogens is 348 g/mol. The van der Waals surface area contributed by atoms with Crippen LogP contribution in [-0.4, -0.2) is 38.1 Å². The summed E-state index contributed by atoms with van der Waals surface area (Å²) in [7, 11) is 3.44. The molecule has 1 amide bonds. The van der Waals surface area contributed by atoms with Crippen molar-refractivity contribution in [2.24, 2.45) is 0 Å². The highest BCUT2D eigenvalue weighted by Gasteiger charge is 2.45. The van der Waals surface area contributed by atoms with Crippen LogP contribution in [0, 0.1) is 0 Å². The Hall–Kier alpha value is -2.33. The summed E-state index contributed by atoms with van der Waals surface area (Å²) in [5, 5.41) is 2.80. The van der Waals surface area contributed by atoms with Crippen LogP contribution < -0.4 is 10.1 Å². The van der Waals surface area contributed by atoms with E-state index in [1.807, 2.05) is 12.1 Å². The minimum absolute atomic E-state index is 0.147. The molecule has 4 nitrogen and oxygen atoms in total. The van der Waals surface area contributed by atoms with Gasteiger partial charge in [0.15, 0.2) is 0 Å². The van der Waals surface area contributed by atoms with Gasteiger partial charge in [0.1, 0.15) is 5.75 Å². The van der Waals surface area contributed by atoms with Gasteiger partial charge in [-0.3, -0.25) is 9.69 Å².